The molecule has 1 aromatic carbocycles. The van der Waals surface area contributed by atoms with Crippen LogP contribution in [0.5, 0.6) is 0 Å². The number of benzene rings is 1. The minimum absolute atomic E-state index is 0.0579. The Bertz CT molecular complexity index is 430. The van der Waals surface area contributed by atoms with E-state index >= 15 is 0 Å². The summed E-state index contributed by atoms with van der Waals surface area (Å²) in [5, 5.41) is 3.13. The van der Waals surface area contributed by atoms with Crippen LogP contribution in [0.1, 0.15) is 40.7 Å². The van der Waals surface area contributed by atoms with Crippen molar-refractivity contribution in [2.75, 3.05) is 0 Å². The maximum Gasteiger partial charge on any atom is 0.251 e. The van der Waals surface area contributed by atoms with Crippen molar-refractivity contribution in [2.24, 2.45) is 0 Å². The van der Waals surface area contributed by atoms with Crippen molar-refractivity contribution in [1.29, 1.82) is 0 Å². The molecule has 1 aliphatic carbocycles. The summed E-state index contributed by atoms with van der Waals surface area (Å²) >= 11 is 3.62. The van der Waals surface area contributed by atoms with Gasteiger partial charge in [0, 0.05) is 16.4 Å². The highest BCUT2D eigenvalue weighted by molar-refractivity contribution is 9.09. The van der Waals surface area contributed by atoms with Gasteiger partial charge in [0.25, 0.3) is 5.91 Å². The van der Waals surface area contributed by atoms with Gasteiger partial charge in [-0.2, -0.15) is 0 Å². The van der Waals surface area contributed by atoms with Crippen LogP contribution in [0.15, 0.2) is 18.2 Å². The molecule has 0 aromatic heterocycles. The molecule has 17 heavy (non-hydrogen) atoms. The van der Waals surface area contributed by atoms with Crippen molar-refractivity contribution in [3.8, 4) is 0 Å². The average molecular weight is 296 g/mol. The minimum atomic E-state index is 0.0579. The number of alkyl halides is 1. The van der Waals surface area contributed by atoms with Crippen LogP contribution < -0.4 is 5.32 Å². The summed E-state index contributed by atoms with van der Waals surface area (Å²) < 4.78 is 0. The molecule has 3 heteroatoms. The van der Waals surface area contributed by atoms with E-state index in [0.717, 1.165) is 24.0 Å². The fourth-order valence-corrected chi connectivity index (χ4v) is 3.04. The van der Waals surface area contributed by atoms with Crippen molar-refractivity contribution in [3.63, 3.8) is 0 Å². The highest BCUT2D eigenvalue weighted by Gasteiger charge is 2.26. The third kappa shape index (κ3) is 2.71. The fourth-order valence-electron chi connectivity index (χ4n) is 2.32. The van der Waals surface area contributed by atoms with Gasteiger partial charge >= 0.3 is 0 Å². The summed E-state index contributed by atoms with van der Waals surface area (Å²) in [6.45, 7) is 4.04. The third-order valence-electron chi connectivity index (χ3n) is 3.60. The molecule has 1 fully saturated rings. The molecule has 1 aliphatic rings. The number of hydrogen-bond donors (Lipinski definition) is 1. The maximum absolute atomic E-state index is 12.2. The van der Waals surface area contributed by atoms with Crippen molar-refractivity contribution in [2.45, 2.75) is 44.0 Å². The predicted molar refractivity (Wildman–Crippen MR) is 73.7 cm³/mol. The van der Waals surface area contributed by atoms with Crippen LogP contribution in [0.4, 0.5) is 0 Å². The normalized spacial score (nSPS) is 23.7. The smallest absolute Gasteiger partial charge is 0.251 e. The summed E-state index contributed by atoms with van der Waals surface area (Å²) in [5.74, 6) is 0.0579. The van der Waals surface area contributed by atoms with Gasteiger partial charge in [-0.3, -0.25) is 4.79 Å². The van der Waals surface area contributed by atoms with Gasteiger partial charge in [-0.05, 0) is 43.9 Å². The lowest BCUT2D eigenvalue weighted by molar-refractivity contribution is 0.0938. The van der Waals surface area contributed by atoms with Crippen molar-refractivity contribution in [1.82, 2.24) is 5.32 Å². The zero-order valence-corrected chi connectivity index (χ0v) is 11.9. The fraction of sp³-hybridized carbons (Fsp3) is 0.500. The first-order valence-electron chi connectivity index (χ1n) is 6.10. The zero-order valence-electron chi connectivity index (χ0n) is 10.3. The molecule has 0 heterocycles. The molecular formula is C14H18BrNO. The van der Waals surface area contributed by atoms with Crippen LogP contribution >= 0.6 is 15.9 Å². The topological polar surface area (TPSA) is 29.1 Å². The van der Waals surface area contributed by atoms with E-state index in [2.05, 4.69) is 21.2 Å². The van der Waals surface area contributed by atoms with Gasteiger partial charge < -0.3 is 5.32 Å². The van der Waals surface area contributed by atoms with Gasteiger partial charge in [-0.15, -0.1) is 0 Å². The monoisotopic (exact) mass is 295 g/mol. The zero-order chi connectivity index (χ0) is 12.4. The summed E-state index contributed by atoms with van der Waals surface area (Å²) in [5.41, 5.74) is 3.05. The number of carbonyl (C=O) groups is 1. The predicted octanol–water partition coefficient (Wildman–Crippen LogP) is 3.35. The summed E-state index contributed by atoms with van der Waals surface area (Å²) in [6.07, 6.45) is 3.41. The molecule has 1 saturated carbocycles. The van der Waals surface area contributed by atoms with Gasteiger partial charge in [0.05, 0.1) is 0 Å². The molecule has 2 nitrogen and oxygen atoms in total. The lowest BCUT2D eigenvalue weighted by Crippen LogP contribution is -2.38. The van der Waals surface area contributed by atoms with E-state index in [1.807, 2.05) is 32.0 Å². The molecule has 0 bridgehead atoms. The number of hydrogen-bond acceptors (Lipinski definition) is 1. The van der Waals surface area contributed by atoms with E-state index in [1.54, 1.807) is 0 Å². The number of halogens is 1. The molecule has 0 spiro atoms. The minimum Gasteiger partial charge on any atom is -0.348 e. The van der Waals surface area contributed by atoms with Crippen LogP contribution in [-0.2, 0) is 0 Å². The van der Waals surface area contributed by atoms with Crippen LogP contribution in [0.3, 0.4) is 0 Å². The van der Waals surface area contributed by atoms with Gasteiger partial charge in [0.2, 0.25) is 0 Å². The first kappa shape index (κ1) is 12.6. The summed E-state index contributed by atoms with van der Waals surface area (Å²) in [6, 6.07) is 6.16. The van der Waals surface area contributed by atoms with E-state index in [-0.39, 0.29) is 11.9 Å². The standard InChI is InChI=1S/C14H18BrNO/c1-9-5-3-6-11(10(9)2)14(17)16-13-8-4-7-12(13)15/h3,5-6,12-13H,4,7-8H2,1-2H3,(H,16,17). The molecule has 2 unspecified atom stereocenters. The first-order chi connectivity index (χ1) is 8.09. The Morgan fingerprint density at radius 3 is 2.76 bits per heavy atom. The van der Waals surface area contributed by atoms with E-state index in [9.17, 15) is 4.79 Å². The van der Waals surface area contributed by atoms with Crippen LogP contribution in [-0.4, -0.2) is 16.8 Å². The largest absolute Gasteiger partial charge is 0.348 e. The van der Waals surface area contributed by atoms with Crippen molar-refractivity contribution >= 4 is 21.8 Å². The maximum atomic E-state index is 12.2. The molecule has 0 aliphatic heterocycles. The number of rotatable bonds is 2. The molecule has 0 radical (unpaired) electrons. The van der Waals surface area contributed by atoms with Gasteiger partial charge in [-0.1, -0.05) is 34.5 Å². The molecule has 1 aromatic rings. The second kappa shape index (κ2) is 5.21. The van der Waals surface area contributed by atoms with E-state index < -0.39 is 0 Å². The molecule has 92 valence electrons. The van der Waals surface area contributed by atoms with E-state index in [4.69, 9.17) is 0 Å². The van der Waals surface area contributed by atoms with Crippen LogP contribution in [0.2, 0.25) is 0 Å². The summed E-state index contributed by atoms with van der Waals surface area (Å²) in [4.78, 5) is 12.6. The molecule has 1 amide bonds. The Morgan fingerprint density at radius 2 is 2.12 bits per heavy atom. The third-order valence-corrected chi connectivity index (χ3v) is 4.69. The number of aryl methyl sites for hydroxylation is 1. The Labute approximate surface area is 111 Å². The molecule has 2 rings (SSSR count). The Morgan fingerprint density at radius 1 is 1.35 bits per heavy atom. The molecule has 0 saturated heterocycles. The SMILES string of the molecule is Cc1cccc(C(=O)NC2CCCC2Br)c1C. The van der Waals surface area contributed by atoms with Gasteiger partial charge in [-0.25, -0.2) is 0 Å². The molecule has 1 N–H and O–H groups in total. The van der Waals surface area contributed by atoms with Crippen molar-refractivity contribution in [3.05, 3.63) is 34.9 Å². The second-order valence-electron chi connectivity index (χ2n) is 4.77. The lowest BCUT2D eigenvalue weighted by atomic mass is 10.0. The van der Waals surface area contributed by atoms with Crippen LogP contribution in [0.25, 0.3) is 0 Å². The van der Waals surface area contributed by atoms with Gasteiger partial charge in [0.1, 0.15) is 0 Å². The average Bonchev–Trinajstić information content (AvgIpc) is 2.68. The highest BCUT2D eigenvalue weighted by atomic mass is 79.9. The molecule has 2 atom stereocenters. The van der Waals surface area contributed by atoms with Crippen molar-refractivity contribution < 1.29 is 4.79 Å². The van der Waals surface area contributed by atoms with Crippen LogP contribution in [0, 0.1) is 13.8 Å². The Hall–Kier alpha value is -0.830. The summed E-state index contributed by atoms with van der Waals surface area (Å²) in [7, 11) is 0. The number of carbonyl (C=O) groups excluding carboxylic acids is 1. The van der Waals surface area contributed by atoms with E-state index in [0.29, 0.717) is 4.83 Å². The highest BCUT2D eigenvalue weighted by Crippen LogP contribution is 2.26. The van der Waals surface area contributed by atoms with E-state index in [1.165, 1.54) is 12.0 Å². The molecular weight excluding hydrogens is 278 g/mol. The lowest BCUT2D eigenvalue weighted by Gasteiger charge is -2.17. The quantitative estimate of drug-likeness (QED) is 0.833. The Balaban J connectivity index is 2.12. The Kier molecular flexibility index (Phi) is 3.87. The second-order valence-corrected chi connectivity index (χ2v) is 5.95. The number of nitrogens with one attached hydrogen (secondary N) is 1. The first-order valence-corrected chi connectivity index (χ1v) is 7.02. The number of amides is 1. The van der Waals surface area contributed by atoms with Gasteiger partial charge in [0.15, 0.2) is 0 Å².